The highest BCUT2D eigenvalue weighted by Crippen LogP contribution is 2.24. The third kappa shape index (κ3) is 2.59. The van der Waals surface area contributed by atoms with Gasteiger partial charge in [-0.3, -0.25) is 4.90 Å². The van der Waals surface area contributed by atoms with Crippen LogP contribution in [0.4, 0.5) is 5.95 Å². The van der Waals surface area contributed by atoms with E-state index in [-0.39, 0.29) is 0 Å². The Bertz CT molecular complexity index is 380. The van der Waals surface area contributed by atoms with Gasteiger partial charge in [-0.2, -0.15) is 0 Å². The average Bonchev–Trinajstić information content (AvgIpc) is 2.94. The fraction of sp³-hybridized carbons (Fsp3) is 0.692. The van der Waals surface area contributed by atoms with Gasteiger partial charge in [0.1, 0.15) is 0 Å². The van der Waals surface area contributed by atoms with Crippen molar-refractivity contribution in [2.24, 2.45) is 0 Å². The lowest BCUT2D eigenvalue weighted by atomic mass is 10.2. The molecule has 0 unspecified atom stereocenters. The zero-order chi connectivity index (χ0) is 12.4. The fourth-order valence-electron chi connectivity index (χ4n) is 3.03. The predicted octanol–water partition coefficient (Wildman–Crippen LogP) is 2.19. The second-order valence-electron chi connectivity index (χ2n) is 5.16. The summed E-state index contributed by atoms with van der Waals surface area (Å²) in [6, 6.07) is 0.832. The van der Waals surface area contributed by atoms with E-state index in [1.165, 1.54) is 25.7 Å². The number of piperazine rings is 1. The number of rotatable bonds is 2. The van der Waals surface area contributed by atoms with Crippen LogP contribution in [-0.2, 0) is 0 Å². The highest BCUT2D eigenvalue weighted by molar-refractivity contribution is 6.30. The number of anilines is 1. The maximum Gasteiger partial charge on any atom is 0.225 e. The third-order valence-corrected chi connectivity index (χ3v) is 4.24. The van der Waals surface area contributed by atoms with E-state index in [4.69, 9.17) is 11.6 Å². The van der Waals surface area contributed by atoms with E-state index < -0.39 is 0 Å². The maximum absolute atomic E-state index is 5.81. The van der Waals surface area contributed by atoms with Crippen LogP contribution in [0.1, 0.15) is 25.7 Å². The Hall–Kier alpha value is -0.870. The number of hydrogen-bond donors (Lipinski definition) is 0. The summed E-state index contributed by atoms with van der Waals surface area (Å²) < 4.78 is 0. The average molecular weight is 267 g/mol. The summed E-state index contributed by atoms with van der Waals surface area (Å²) in [7, 11) is 0. The van der Waals surface area contributed by atoms with Gasteiger partial charge in [0.15, 0.2) is 0 Å². The van der Waals surface area contributed by atoms with Crippen LogP contribution >= 0.6 is 11.6 Å². The maximum atomic E-state index is 5.81. The van der Waals surface area contributed by atoms with Crippen LogP contribution in [0.3, 0.4) is 0 Å². The Morgan fingerprint density at radius 1 is 1.00 bits per heavy atom. The number of halogens is 1. The van der Waals surface area contributed by atoms with Gasteiger partial charge in [0.2, 0.25) is 5.95 Å². The van der Waals surface area contributed by atoms with Crippen LogP contribution in [0.2, 0.25) is 5.02 Å². The van der Waals surface area contributed by atoms with Crippen LogP contribution in [-0.4, -0.2) is 47.1 Å². The van der Waals surface area contributed by atoms with E-state index in [0.29, 0.717) is 5.02 Å². The Morgan fingerprint density at radius 3 is 2.22 bits per heavy atom. The molecule has 0 aromatic carbocycles. The minimum absolute atomic E-state index is 0.600. The molecule has 5 heteroatoms. The van der Waals surface area contributed by atoms with Gasteiger partial charge in [-0.05, 0) is 12.8 Å². The van der Waals surface area contributed by atoms with Crippen LogP contribution < -0.4 is 4.90 Å². The second-order valence-corrected chi connectivity index (χ2v) is 5.60. The second kappa shape index (κ2) is 5.41. The molecule has 2 heterocycles. The summed E-state index contributed by atoms with van der Waals surface area (Å²) in [5.41, 5.74) is 0. The van der Waals surface area contributed by atoms with Crippen LogP contribution in [0.5, 0.6) is 0 Å². The molecule has 98 valence electrons. The standard InChI is InChI=1S/C13H19ClN4/c14-11-9-15-13(16-10-11)18-7-5-17(6-8-18)12-3-1-2-4-12/h9-10,12H,1-8H2. The molecule has 0 spiro atoms. The largest absolute Gasteiger partial charge is 0.338 e. The third-order valence-electron chi connectivity index (χ3n) is 4.04. The summed E-state index contributed by atoms with van der Waals surface area (Å²) in [6.45, 7) is 4.32. The van der Waals surface area contributed by atoms with Crippen LogP contribution in [0, 0.1) is 0 Å². The van der Waals surface area contributed by atoms with Crippen molar-refractivity contribution in [3.8, 4) is 0 Å². The molecule has 2 aliphatic rings. The first kappa shape index (κ1) is 12.2. The minimum Gasteiger partial charge on any atom is -0.338 e. The van der Waals surface area contributed by atoms with Gasteiger partial charge in [-0.1, -0.05) is 24.4 Å². The molecule has 4 nitrogen and oxygen atoms in total. The summed E-state index contributed by atoms with van der Waals surface area (Å²) >= 11 is 5.81. The first-order chi connectivity index (χ1) is 8.83. The summed E-state index contributed by atoms with van der Waals surface area (Å²) in [5, 5.41) is 0.600. The van der Waals surface area contributed by atoms with Crippen molar-refractivity contribution in [2.45, 2.75) is 31.7 Å². The first-order valence-electron chi connectivity index (χ1n) is 6.79. The normalized spacial score (nSPS) is 22.6. The van der Waals surface area contributed by atoms with Gasteiger partial charge in [-0.15, -0.1) is 0 Å². The van der Waals surface area contributed by atoms with Crippen molar-refractivity contribution in [1.29, 1.82) is 0 Å². The van der Waals surface area contributed by atoms with Crippen molar-refractivity contribution >= 4 is 17.5 Å². The lowest BCUT2D eigenvalue weighted by Crippen LogP contribution is -2.50. The lowest BCUT2D eigenvalue weighted by molar-refractivity contribution is 0.187. The molecular weight excluding hydrogens is 248 g/mol. The molecule has 0 amide bonds. The van der Waals surface area contributed by atoms with Crippen molar-refractivity contribution in [2.75, 3.05) is 31.1 Å². The summed E-state index contributed by atoms with van der Waals surface area (Å²) in [6.07, 6.45) is 8.94. The molecular formula is C13H19ClN4. The SMILES string of the molecule is Clc1cnc(N2CCN(C3CCCC3)CC2)nc1. The Kier molecular flexibility index (Phi) is 3.66. The molecule has 1 aromatic rings. The molecule has 1 aromatic heterocycles. The quantitative estimate of drug-likeness (QED) is 0.822. The Balaban J connectivity index is 1.57. The minimum atomic E-state index is 0.600. The molecule has 1 saturated heterocycles. The topological polar surface area (TPSA) is 32.3 Å². The number of aromatic nitrogens is 2. The molecule has 0 radical (unpaired) electrons. The van der Waals surface area contributed by atoms with Gasteiger partial charge in [0.25, 0.3) is 0 Å². The fourth-order valence-corrected chi connectivity index (χ4v) is 3.12. The Morgan fingerprint density at radius 2 is 1.61 bits per heavy atom. The van der Waals surface area contributed by atoms with E-state index in [9.17, 15) is 0 Å². The van der Waals surface area contributed by atoms with Gasteiger partial charge >= 0.3 is 0 Å². The highest BCUT2D eigenvalue weighted by Gasteiger charge is 2.26. The van der Waals surface area contributed by atoms with E-state index >= 15 is 0 Å². The summed E-state index contributed by atoms with van der Waals surface area (Å²) in [5.74, 6) is 0.811. The highest BCUT2D eigenvalue weighted by atomic mass is 35.5. The van der Waals surface area contributed by atoms with E-state index in [2.05, 4.69) is 19.8 Å². The van der Waals surface area contributed by atoms with Gasteiger partial charge < -0.3 is 4.90 Å². The molecule has 1 aliphatic carbocycles. The summed E-state index contributed by atoms with van der Waals surface area (Å²) in [4.78, 5) is 13.5. The van der Waals surface area contributed by atoms with Gasteiger partial charge in [0, 0.05) is 32.2 Å². The zero-order valence-electron chi connectivity index (χ0n) is 10.6. The van der Waals surface area contributed by atoms with Crippen molar-refractivity contribution in [3.05, 3.63) is 17.4 Å². The van der Waals surface area contributed by atoms with Crippen LogP contribution in [0.25, 0.3) is 0 Å². The number of hydrogen-bond acceptors (Lipinski definition) is 4. The lowest BCUT2D eigenvalue weighted by Gasteiger charge is -2.38. The predicted molar refractivity (Wildman–Crippen MR) is 73.1 cm³/mol. The monoisotopic (exact) mass is 266 g/mol. The van der Waals surface area contributed by atoms with Crippen molar-refractivity contribution < 1.29 is 0 Å². The van der Waals surface area contributed by atoms with Gasteiger partial charge in [-0.25, -0.2) is 9.97 Å². The van der Waals surface area contributed by atoms with Crippen molar-refractivity contribution in [3.63, 3.8) is 0 Å². The molecule has 0 bridgehead atoms. The first-order valence-corrected chi connectivity index (χ1v) is 7.17. The van der Waals surface area contributed by atoms with Crippen molar-refractivity contribution in [1.82, 2.24) is 14.9 Å². The molecule has 2 fully saturated rings. The molecule has 0 N–H and O–H groups in total. The molecule has 18 heavy (non-hydrogen) atoms. The van der Waals surface area contributed by atoms with E-state index in [0.717, 1.165) is 38.2 Å². The number of nitrogens with zero attached hydrogens (tertiary/aromatic N) is 4. The molecule has 1 aliphatic heterocycles. The smallest absolute Gasteiger partial charge is 0.225 e. The van der Waals surface area contributed by atoms with Crippen LogP contribution in [0.15, 0.2) is 12.4 Å². The molecule has 3 rings (SSSR count). The van der Waals surface area contributed by atoms with E-state index in [1.807, 2.05) is 0 Å². The molecule has 1 saturated carbocycles. The molecule has 0 atom stereocenters. The Labute approximate surface area is 113 Å². The van der Waals surface area contributed by atoms with Gasteiger partial charge in [0.05, 0.1) is 17.4 Å². The van der Waals surface area contributed by atoms with E-state index in [1.54, 1.807) is 12.4 Å². The zero-order valence-corrected chi connectivity index (χ0v) is 11.3.